The molecule has 2 amide bonds. The van der Waals surface area contributed by atoms with Gasteiger partial charge in [0, 0.05) is 32.7 Å². The Labute approximate surface area is 96.1 Å². The summed E-state index contributed by atoms with van der Waals surface area (Å²) in [6, 6.07) is 0. The summed E-state index contributed by atoms with van der Waals surface area (Å²) in [5.41, 5.74) is 0. The highest BCUT2D eigenvalue weighted by Crippen LogP contribution is 2.01. The lowest BCUT2D eigenvalue weighted by Gasteiger charge is -2.33. The third kappa shape index (κ3) is 3.66. The fourth-order valence-corrected chi connectivity index (χ4v) is 1.71. The lowest BCUT2D eigenvalue weighted by atomic mass is 10.3. The molecule has 0 radical (unpaired) electrons. The molecule has 0 aliphatic carbocycles. The van der Waals surface area contributed by atoms with E-state index in [9.17, 15) is 9.59 Å². The van der Waals surface area contributed by atoms with Gasteiger partial charge in [-0.1, -0.05) is 6.58 Å². The maximum atomic E-state index is 11.3. The molecule has 0 saturated carbocycles. The van der Waals surface area contributed by atoms with Gasteiger partial charge in [-0.2, -0.15) is 0 Å². The number of rotatable bonds is 4. The Morgan fingerprint density at radius 2 is 1.94 bits per heavy atom. The molecule has 0 aromatic carbocycles. The maximum Gasteiger partial charge on any atom is 0.246 e. The van der Waals surface area contributed by atoms with Crippen LogP contribution in [0.4, 0.5) is 0 Å². The Balaban J connectivity index is 2.29. The van der Waals surface area contributed by atoms with E-state index in [1.54, 1.807) is 4.90 Å². The summed E-state index contributed by atoms with van der Waals surface area (Å²) >= 11 is 0. The number of hydrogen-bond donors (Lipinski definition) is 1. The zero-order valence-electron chi connectivity index (χ0n) is 9.74. The first-order valence-electron chi connectivity index (χ1n) is 5.57. The fraction of sp³-hybridized carbons (Fsp3) is 0.636. The quantitative estimate of drug-likeness (QED) is 0.653. The number of amides is 2. The van der Waals surface area contributed by atoms with E-state index in [0.717, 1.165) is 13.1 Å². The summed E-state index contributed by atoms with van der Waals surface area (Å²) in [4.78, 5) is 26.4. The number of carbonyl (C=O) groups is 2. The average Bonchev–Trinajstić information content (AvgIpc) is 2.29. The number of carbonyl (C=O) groups excluding carboxylic acids is 2. The second-order valence-electron chi connectivity index (χ2n) is 3.76. The molecule has 1 heterocycles. The van der Waals surface area contributed by atoms with Crippen molar-refractivity contribution in [3.8, 4) is 0 Å². The van der Waals surface area contributed by atoms with Gasteiger partial charge in [-0.15, -0.1) is 0 Å². The molecule has 1 saturated heterocycles. The summed E-state index contributed by atoms with van der Waals surface area (Å²) in [5.74, 6) is 0.0173. The van der Waals surface area contributed by atoms with Crippen LogP contribution in [0.2, 0.25) is 0 Å². The van der Waals surface area contributed by atoms with Crippen molar-refractivity contribution in [2.75, 3.05) is 39.3 Å². The van der Waals surface area contributed by atoms with E-state index in [2.05, 4.69) is 16.8 Å². The Bertz CT molecular complexity index is 270. The average molecular weight is 225 g/mol. The zero-order chi connectivity index (χ0) is 12.0. The molecular formula is C11H19N3O2. The summed E-state index contributed by atoms with van der Waals surface area (Å²) < 4.78 is 0. The molecule has 1 fully saturated rings. The van der Waals surface area contributed by atoms with Crippen LogP contribution < -0.4 is 5.32 Å². The molecule has 0 aromatic heterocycles. The number of nitrogens with zero attached hydrogens (tertiary/aromatic N) is 2. The minimum atomic E-state index is -0.0299. The van der Waals surface area contributed by atoms with Crippen molar-refractivity contribution in [2.45, 2.75) is 6.92 Å². The van der Waals surface area contributed by atoms with Crippen LogP contribution in [0, 0.1) is 0 Å². The third-order valence-electron chi connectivity index (χ3n) is 2.60. The molecule has 0 spiro atoms. The van der Waals surface area contributed by atoms with Crippen LogP contribution in [0.1, 0.15) is 6.92 Å². The predicted octanol–water partition coefficient (Wildman–Crippen LogP) is -0.547. The van der Waals surface area contributed by atoms with Crippen LogP contribution in [0.25, 0.3) is 0 Å². The molecule has 16 heavy (non-hydrogen) atoms. The highest BCUT2D eigenvalue weighted by molar-refractivity contribution is 5.87. The molecular weight excluding hydrogens is 206 g/mol. The second-order valence-corrected chi connectivity index (χ2v) is 3.76. The van der Waals surface area contributed by atoms with E-state index in [1.165, 1.54) is 6.08 Å². The standard InChI is InChI=1S/C11H19N3O2/c1-3-11(16)14-7-5-13(6-8-14)9-10(15)12-4-2/h3H,1,4-9H2,2H3,(H,12,15). The number of likely N-dealkylation sites (N-methyl/N-ethyl adjacent to an activating group) is 1. The molecule has 0 aromatic rings. The SMILES string of the molecule is C=CC(=O)N1CCN(CC(=O)NCC)CC1. The summed E-state index contributed by atoms with van der Waals surface area (Å²) in [6.07, 6.45) is 1.33. The van der Waals surface area contributed by atoms with Gasteiger partial charge in [-0.3, -0.25) is 14.5 Å². The lowest BCUT2D eigenvalue weighted by Crippen LogP contribution is -2.50. The Morgan fingerprint density at radius 1 is 1.31 bits per heavy atom. The number of piperazine rings is 1. The molecule has 0 bridgehead atoms. The third-order valence-corrected chi connectivity index (χ3v) is 2.60. The molecule has 0 atom stereocenters. The molecule has 5 heteroatoms. The Hall–Kier alpha value is -1.36. The smallest absolute Gasteiger partial charge is 0.246 e. The van der Waals surface area contributed by atoms with Crippen LogP contribution in [-0.2, 0) is 9.59 Å². The van der Waals surface area contributed by atoms with Crippen molar-refractivity contribution < 1.29 is 9.59 Å². The van der Waals surface area contributed by atoms with E-state index in [1.807, 2.05) is 6.92 Å². The minimum Gasteiger partial charge on any atom is -0.355 e. The molecule has 1 rings (SSSR count). The van der Waals surface area contributed by atoms with Crippen molar-refractivity contribution in [2.24, 2.45) is 0 Å². The van der Waals surface area contributed by atoms with Crippen LogP contribution in [0.15, 0.2) is 12.7 Å². The van der Waals surface area contributed by atoms with Crippen LogP contribution >= 0.6 is 0 Å². The van der Waals surface area contributed by atoms with Crippen LogP contribution in [-0.4, -0.2) is 60.9 Å². The lowest BCUT2D eigenvalue weighted by molar-refractivity contribution is -0.128. The van der Waals surface area contributed by atoms with Gasteiger partial charge in [0.2, 0.25) is 11.8 Å². The molecule has 0 unspecified atom stereocenters. The molecule has 1 aliphatic rings. The first kappa shape index (κ1) is 12.7. The van der Waals surface area contributed by atoms with E-state index >= 15 is 0 Å². The van der Waals surface area contributed by atoms with Crippen LogP contribution in [0.5, 0.6) is 0 Å². The van der Waals surface area contributed by atoms with E-state index < -0.39 is 0 Å². The van der Waals surface area contributed by atoms with Crippen molar-refractivity contribution in [3.05, 3.63) is 12.7 Å². The van der Waals surface area contributed by atoms with E-state index in [4.69, 9.17) is 0 Å². The van der Waals surface area contributed by atoms with Crippen molar-refractivity contribution in [1.82, 2.24) is 15.1 Å². The van der Waals surface area contributed by atoms with Crippen molar-refractivity contribution >= 4 is 11.8 Å². The molecule has 1 aliphatic heterocycles. The Morgan fingerprint density at radius 3 is 2.44 bits per heavy atom. The van der Waals surface area contributed by atoms with Gasteiger partial charge in [0.1, 0.15) is 0 Å². The van der Waals surface area contributed by atoms with Gasteiger partial charge in [0.15, 0.2) is 0 Å². The second kappa shape index (κ2) is 6.27. The normalized spacial score (nSPS) is 16.9. The highest BCUT2D eigenvalue weighted by Gasteiger charge is 2.20. The topological polar surface area (TPSA) is 52.7 Å². The van der Waals surface area contributed by atoms with Crippen molar-refractivity contribution in [1.29, 1.82) is 0 Å². The summed E-state index contributed by atoms with van der Waals surface area (Å²) in [5, 5.41) is 2.76. The largest absolute Gasteiger partial charge is 0.355 e. The van der Waals surface area contributed by atoms with E-state index in [0.29, 0.717) is 26.2 Å². The van der Waals surface area contributed by atoms with Crippen LogP contribution in [0.3, 0.4) is 0 Å². The first-order chi connectivity index (χ1) is 7.67. The van der Waals surface area contributed by atoms with Gasteiger partial charge < -0.3 is 10.2 Å². The zero-order valence-corrected chi connectivity index (χ0v) is 9.74. The van der Waals surface area contributed by atoms with Gasteiger partial charge in [-0.25, -0.2) is 0 Å². The fourth-order valence-electron chi connectivity index (χ4n) is 1.71. The summed E-state index contributed by atoms with van der Waals surface area (Å²) in [6.45, 7) is 9.28. The van der Waals surface area contributed by atoms with Gasteiger partial charge in [0.25, 0.3) is 0 Å². The minimum absolute atomic E-state index is 0.0299. The molecule has 90 valence electrons. The molecule has 5 nitrogen and oxygen atoms in total. The maximum absolute atomic E-state index is 11.3. The number of hydrogen-bond acceptors (Lipinski definition) is 3. The van der Waals surface area contributed by atoms with Crippen molar-refractivity contribution in [3.63, 3.8) is 0 Å². The first-order valence-corrected chi connectivity index (χ1v) is 5.57. The highest BCUT2D eigenvalue weighted by atomic mass is 16.2. The van der Waals surface area contributed by atoms with Gasteiger partial charge >= 0.3 is 0 Å². The summed E-state index contributed by atoms with van der Waals surface area (Å²) in [7, 11) is 0. The van der Waals surface area contributed by atoms with Gasteiger partial charge in [-0.05, 0) is 13.0 Å². The Kier molecular flexibility index (Phi) is 4.98. The molecule has 1 N–H and O–H groups in total. The van der Waals surface area contributed by atoms with Gasteiger partial charge in [0.05, 0.1) is 6.54 Å². The number of nitrogens with one attached hydrogen (secondary N) is 1. The van der Waals surface area contributed by atoms with E-state index in [-0.39, 0.29) is 11.8 Å². The monoisotopic (exact) mass is 225 g/mol. The predicted molar refractivity (Wildman–Crippen MR) is 61.9 cm³/mol.